The molecule has 0 saturated carbocycles. The molecule has 0 unspecified atom stereocenters. The van der Waals surface area contributed by atoms with E-state index in [0.29, 0.717) is 13.0 Å². The molecule has 0 aromatic heterocycles. The van der Waals surface area contributed by atoms with E-state index in [-0.39, 0.29) is 5.91 Å². The second-order valence-corrected chi connectivity index (χ2v) is 5.62. The average molecular weight is 289 g/mol. The van der Waals surface area contributed by atoms with Crippen LogP contribution in [0, 0.1) is 0 Å². The van der Waals surface area contributed by atoms with Gasteiger partial charge in [-0.05, 0) is 43.5 Å². The molecule has 1 aliphatic heterocycles. The lowest BCUT2D eigenvalue weighted by molar-refractivity contribution is -0.120. The van der Waals surface area contributed by atoms with Crippen molar-refractivity contribution in [2.24, 2.45) is 0 Å². The minimum atomic E-state index is 0.129. The highest BCUT2D eigenvalue weighted by molar-refractivity contribution is 5.76. The standard InChI is InChI=1S/C17H27N3O/c1-2-3-11-19-17(21)10-12-18-15-6-8-16(9-7-15)20-13-4-5-14-20/h6-9,18H,2-5,10-14H2,1H3,(H,19,21). The first-order valence-electron chi connectivity index (χ1n) is 8.15. The zero-order valence-corrected chi connectivity index (χ0v) is 13.0. The minimum Gasteiger partial charge on any atom is -0.385 e. The summed E-state index contributed by atoms with van der Waals surface area (Å²) in [6, 6.07) is 8.52. The van der Waals surface area contributed by atoms with Crippen LogP contribution in [0.4, 0.5) is 11.4 Å². The van der Waals surface area contributed by atoms with E-state index in [1.54, 1.807) is 0 Å². The highest BCUT2D eigenvalue weighted by Gasteiger charge is 2.11. The second-order valence-electron chi connectivity index (χ2n) is 5.62. The van der Waals surface area contributed by atoms with Crippen molar-refractivity contribution in [2.75, 3.05) is 36.4 Å². The summed E-state index contributed by atoms with van der Waals surface area (Å²) >= 11 is 0. The summed E-state index contributed by atoms with van der Waals surface area (Å²) in [7, 11) is 0. The van der Waals surface area contributed by atoms with Gasteiger partial charge in [-0.1, -0.05) is 13.3 Å². The lowest BCUT2D eigenvalue weighted by Gasteiger charge is -2.18. The van der Waals surface area contributed by atoms with Crippen LogP contribution in [0.5, 0.6) is 0 Å². The van der Waals surface area contributed by atoms with Gasteiger partial charge in [-0.15, -0.1) is 0 Å². The molecule has 1 aromatic rings. The number of amides is 1. The average Bonchev–Trinajstić information content (AvgIpc) is 3.02. The van der Waals surface area contributed by atoms with Crippen molar-refractivity contribution < 1.29 is 4.79 Å². The number of benzene rings is 1. The van der Waals surface area contributed by atoms with E-state index in [2.05, 4.69) is 46.7 Å². The molecule has 0 atom stereocenters. The number of carbonyl (C=O) groups is 1. The number of nitrogens with zero attached hydrogens (tertiary/aromatic N) is 1. The van der Waals surface area contributed by atoms with Crippen molar-refractivity contribution >= 4 is 17.3 Å². The van der Waals surface area contributed by atoms with Crippen LogP contribution in [0.15, 0.2) is 24.3 Å². The summed E-state index contributed by atoms with van der Waals surface area (Å²) in [5.74, 6) is 0.129. The molecule has 1 heterocycles. The quantitative estimate of drug-likeness (QED) is 0.723. The largest absolute Gasteiger partial charge is 0.385 e. The van der Waals surface area contributed by atoms with Gasteiger partial charge in [0.25, 0.3) is 0 Å². The maximum atomic E-state index is 11.6. The third kappa shape index (κ3) is 5.29. The first-order chi connectivity index (χ1) is 10.3. The first-order valence-corrected chi connectivity index (χ1v) is 8.15. The molecule has 0 spiro atoms. The van der Waals surface area contributed by atoms with Crippen LogP contribution in [0.2, 0.25) is 0 Å². The Bertz CT molecular complexity index is 424. The van der Waals surface area contributed by atoms with Crippen LogP contribution in [0.3, 0.4) is 0 Å². The number of carbonyl (C=O) groups excluding carboxylic acids is 1. The number of hydrogen-bond acceptors (Lipinski definition) is 3. The maximum Gasteiger partial charge on any atom is 0.221 e. The molecule has 1 aliphatic rings. The van der Waals surface area contributed by atoms with E-state index < -0.39 is 0 Å². The zero-order valence-electron chi connectivity index (χ0n) is 13.0. The van der Waals surface area contributed by atoms with Gasteiger partial charge in [0.05, 0.1) is 0 Å². The molecule has 21 heavy (non-hydrogen) atoms. The van der Waals surface area contributed by atoms with Gasteiger partial charge in [-0.25, -0.2) is 0 Å². The number of nitrogens with one attached hydrogen (secondary N) is 2. The summed E-state index contributed by atoms with van der Waals surface area (Å²) < 4.78 is 0. The van der Waals surface area contributed by atoms with Gasteiger partial charge in [-0.3, -0.25) is 4.79 Å². The second kappa shape index (κ2) is 8.55. The molecule has 4 nitrogen and oxygen atoms in total. The number of unbranched alkanes of at least 4 members (excludes halogenated alkanes) is 1. The molecule has 4 heteroatoms. The Morgan fingerprint density at radius 2 is 1.86 bits per heavy atom. The van der Waals surface area contributed by atoms with Crippen molar-refractivity contribution in [1.82, 2.24) is 5.32 Å². The van der Waals surface area contributed by atoms with Gasteiger partial charge >= 0.3 is 0 Å². The predicted molar refractivity (Wildman–Crippen MR) is 88.9 cm³/mol. The van der Waals surface area contributed by atoms with Gasteiger partial charge in [0, 0.05) is 44.0 Å². The number of hydrogen-bond donors (Lipinski definition) is 2. The fourth-order valence-corrected chi connectivity index (χ4v) is 2.58. The van der Waals surface area contributed by atoms with Crippen molar-refractivity contribution in [3.8, 4) is 0 Å². The van der Waals surface area contributed by atoms with Crippen LogP contribution >= 0.6 is 0 Å². The number of rotatable bonds is 8. The van der Waals surface area contributed by atoms with E-state index in [1.165, 1.54) is 31.6 Å². The highest BCUT2D eigenvalue weighted by Crippen LogP contribution is 2.21. The molecule has 1 amide bonds. The Morgan fingerprint density at radius 3 is 2.52 bits per heavy atom. The Labute approximate surface area is 127 Å². The Kier molecular flexibility index (Phi) is 6.38. The number of anilines is 2. The van der Waals surface area contributed by atoms with E-state index >= 15 is 0 Å². The third-order valence-electron chi connectivity index (χ3n) is 3.87. The van der Waals surface area contributed by atoms with E-state index in [9.17, 15) is 4.79 Å². The minimum absolute atomic E-state index is 0.129. The van der Waals surface area contributed by atoms with Gasteiger partial charge in [0.1, 0.15) is 0 Å². The summed E-state index contributed by atoms with van der Waals surface area (Å²) in [6.07, 6.45) is 5.29. The van der Waals surface area contributed by atoms with Gasteiger partial charge in [0.15, 0.2) is 0 Å². The third-order valence-corrected chi connectivity index (χ3v) is 3.87. The van der Waals surface area contributed by atoms with Crippen molar-refractivity contribution in [1.29, 1.82) is 0 Å². The van der Waals surface area contributed by atoms with Gasteiger partial charge < -0.3 is 15.5 Å². The van der Waals surface area contributed by atoms with Gasteiger partial charge in [-0.2, -0.15) is 0 Å². The molecule has 2 rings (SSSR count). The van der Waals surface area contributed by atoms with E-state index in [4.69, 9.17) is 0 Å². The SMILES string of the molecule is CCCCNC(=O)CCNc1ccc(N2CCCC2)cc1. The van der Waals surface area contributed by atoms with Crippen LogP contribution in [-0.4, -0.2) is 32.1 Å². The Hall–Kier alpha value is -1.71. The van der Waals surface area contributed by atoms with E-state index in [0.717, 1.165) is 25.1 Å². The fraction of sp³-hybridized carbons (Fsp3) is 0.588. The summed E-state index contributed by atoms with van der Waals surface area (Å²) in [5.41, 5.74) is 2.38. The molecular formula is C17H27N3O. The lowest BCUT2D eigenvalue weighted by atomic mass is 10.2. The molecule has 2 N–H and O–H groups in total. The molecule has 116 valence electrons. The maximum absolute atomic E-state index is 11.6. The highest BCUT2D eigenvalue weighted by atomic mass is 16.1. The van der Waals surface area contributed by atoms with Crippen LogP contribution < -0.4 is 15.5 Å². The van der Waals surface area contributed by atoms with Crippen molar-refractivity contribution in [3.63, 3.8) is 0 Å². The molecule has 1 aromatic carbocycles. The summed E-state index contributed by atoms with van der Waals surface area (Å²) in [6.45, 7) is 5.94. The Balaban J connectivity index is 1.67. The van der Waals surface area contributed by atoms with Crippen molar-refractivity contribution in [3.05, 3.63) is 24.3 Å². The van der Waals surface area contributed by atoms with Crippen LogP contribution in [0.1, 0.15) is 39.0 Å². The molecular weight excluding hydrogens is 262 g/mol. The molecule has 1 saturated heterocycles. The van der Waals surface area contributed by atoms with Crippen molar-refractivity contribution in [2.45, 2.75) is 39.0 Å². The predicted octanol–water partition coefficient (Wildman–Crippen LogP) is 3.01. The van der Waals surface area contributed by atoms with Crippen LogP contribution in [-0.2, 0) is 4.79 Å². The van der Waals surface area contributed by atoms with Crippen LogP contribution in [0.25, 0.3) is 0 Å². The monoisotopic (exact) mass is 289 g/mol. The summed E-state index contributed by atoms with van der Waals surface area (Å²) in [4.78, 5) is 14.0. The topological polar surface area (TPSA) is 44.4 Å². The zero-order chi connectivity index (χ0) is 14.9. The molecule has 0 aliphatic carbocycles. The van der Waals surface area contributed by atoms with E-state index in [1.807, 2.05) is 0 Å². The lowest BCUT2D eigenvalue weighted by Crippen LogP contribution is -2.26. The molecule has 0 bridgehead atoms. The normalized spacial score (nSPS) is 14.2. The fourth-order valence-electron chi connectivity index (χ4n) is 2.58. The molecule has 0 radical (unpaired) electrons. The summed E-state index contributed by atoms with van der Waals surface area (Å²) in [5, 5.41) is 6.23. The smallest absolute Gasteiger partial charge is 0.221 e. The first kappa shape index (κ1) is 15.7. The van der Waals surface area contributed by atoms with Gasteiger partial charge in [0.2, 0.25) is 5.91 Å². The molecule has 1 fully saturated rings. The Morgan fingerprint density at radius 1 is 1.14 bits per heavy atom.